The molecule has 4 heteroatoms. The number of carbonyl (C=O) groups is 1. The first-order valence-electron chi connectivity index (χ1n) is 7.25. The first kappa shape index (κ1) is 14.0. The van der Waals surface area contributed by atoms with Crippen molar-refractivity contribution in [2.75, 3.05) is 31.1 Å². The highest BCUT2D eigenvalue weighted by Crippen LogP contribution is 2.13. The number of hydrogen-bond donors (Lipinski definition) is 0. The quantitative estimate of drug-likeness (QED) is 0.816. The summed E-state index contributed by atoms with van der Waals surface area (Å²) in [4.78, 5) is 20.6. The molecule has 1 aromatic rings. The van der Waals surface area contributed by atoms with Gasteiger partial charge in [0.25, 0.3) is 0 Å². The van der Waals surface area contributed by atoms with Crippen molar-refractivity contribution in [3.05, 3.63) is 24.4 Å². The summed E-state index contributed by atoms with van der Waals surface area (Å²) >= 11 is 0. The van der Waals surface area contributed by atoms with E-state index in [2.05, 4.69) is 9.88 Å². The molecule has 19 heavy (non-hydrogen) atoms. The number of anilines is 1. The maximum Gasteiger partial charge on any atom is 0.227 e. The van der Waals surface area contributed by atoms with Gasteiger partial charge in [0, 0.05) is 25.7 Å². The lowest BCUT2D eigenvalue weighted by atomic mass is 10.1. The van der Waals surface area contributed by atoms with E-state index in [0.29, 0.717) is 6.42 Å². The molecule has 0 aromatic carbocycles. The van der Waals surface area contributed by atoms with Gasteiger partial charge in [-0.3, -0.25) is 9.69 Å². The molecule has 0 radical (unpaired) electrons. The third kappa shape index (κ3) is 4.03. The Balaban J connectivity index is 1.96. The van der Waals surface area contributed by atoms with Crippen molar-refractivity contribution in [3.63, 3.8) is 0 Å². The molecule has 1 saturated heterocycles. The minimum Gasteiger partial charge on any atom is -0.302 e. The molecule has 1 fully saturated rings. The Labute approximate surface area is 115 Å². The maximum absolute atomic E-state index is 12.1. The van der Waals surface area contributed by atoms with E-state index in [1.54, 1.807) is 6.20 Å². The highest BCUT2D eigenvalue weighted by atomic mass is 16.2. The molecule has 0 saturated carbocycles. The van der Waals surface area contributed by atoms with Crippen molar-refractivity contribution < 1.29 is 4.79 Å². The summed E-state index contributed by atoms with van der Waals surface area (Å²) in [5, 5.41) is 0. The number of nitrogens with zero attached hydrogens (tertiary/aromatic N) is 3. The van der Waals surface area contributed by atoms with Gasteiger partial charge >= 0.3 is 0 Å². The zero-order chi connectivity index (χ0) is 13.5. The lowest BCUT2D eigenvalue weighted by Gasteiger charge is -2.29. The molecule has 2 rings (SSSR count). The average molecular weight is 261 g/mol. The van der Waals surface area contributed by atoms with Crippen LogP contribution in [0.3, 0.4) is 0 Å². The Hall–Kier alpha value is -1.42. The molecule has 0 unspecified atom stereocenters. The van der Waals surface area contributed by atoms with Crippen LogP contribution < -0.4 is 4.90 Å². The molecule has 4 nitrogen and oxygen atoms in total. The third-order valence-electron chi connectivity index (χ3n) is 3.62. The molecule has 0 aliphatic carbocycles. The Bertz CT molecular complexity index is 388. The third-order valence-corrected chi connectivity index (χ3v) is 3.62. The largest absolute Gasteiger partial charge is 0.302 e. The molecule has 0 N–H and O–H groups in total. The molecule has 1 aromatic heterocycles. The van der Waals surface area contributed by atoms with Gasteiger partial charge in [-0.05, 0) is 38.1 Å². The molecule has 1 aliphatic rings. The summed E-state index contributed by atoms with van der Waals surface area (Å²) < 4.78 is 0. The average Bonchev–Trinajstić information content (AvgIpc) is 2.49. The van der Waals surface area contributed by atoms with Crippen LogP contribution in [-0.2, 0) is 4.79 Å². The van der Waals surface area contributed by atoms with Crippen LogP contribution in [0.25, 0.3) is 0 Å². The number of carbonyl (C=O) groups excluding carboxylic acids is 1. The van der Waals surface area contributed by atoms with Crippen LogP contribution >= 0.6 is 0 Å². The van der Waals surface area contributed by atoms with Crippen LogP contribution in [0.1, 0.15) is 32.6 Å². The summed E-state index contributed by atoms with van der Waals surface area (Å²) in [6.45, 7) is 5.91. The number of hydrogen-bond acceptors (Lipinski definition) is 3. The zero-order valence-electron chi connectivity index (χ0n) is 11.7. The zero-order valence-corrected chi connectivity index (χ0v) is 11.7. The molecule has 0 bridgehead atoms. The van der Waals surface area contributed by atoms with Gasteiger partial charge in [0.1, 0.15) is 5.82 Å². The van der Waals surface area contributed by atoms with Crippen LogP contribution in [-0.4, -0.2) is 42.0 Å². The van der Waals surface area contributed by atoms with E-state index in [1.165, 1.54) is 19.3 Å². The summed E-state index contributed by atoms with van der Waals surface area (Å²) in [7, 11) is 0. The van der Waals surface area contributed by atoms with Gasteiger partial charge in [0.2, 0.25) is 5.91 Å². The van der Waals surface area contributed by atoms with E-state index in [9.17, 15) is 4.79 Å². The van der Waals surface area contributed by atoms with Crippen molar-refractivity contribution >= 4 is 11.7 Å². The molecular formula is C15H23N3O. The lowest BCUT2D eigenvalue weighted by molar-refractivity contribution is -0.118. The number of rotatable bonds is 5. The van der Waals surface area contributed by atoms with E-state index < -0.39 is 0 Å². The molecule has 1 amide bonds. The fourth-order valence-corrected chi connectivity index (χ4v) is 2.50. The van der Waals surface area contributed by atoms with E-state index in [-0.39, 0.29) is 5.91 Å². The van der Waals surface area contributed by atoms with Crippen LogP contribution in [0.5, 0.6) is 0 Å². The monoisotopic (exact) mass is 261 g/mol. The van der Waals surface area contributed by atoms with Crippen LogP contribution in [0.2, 0.25) is 0 Å². The maximum atomic E-state index is 12.1. The van der Waals surface area contributed by atoms with E-state index in [1.807, 2.05) is 30.0 Å². The van der Waals surface area contributed by atoms with Gasteiger partial charge in [0.05, 0.1) is 0 Å². The predicted molar refractivity (Wildman–Crippen MR) is 77.2 cm³/mol. The standard InChI is InChI=1S/C15H23N3O/c1-2-15(19)18(14-8-4-5-9-16-14)13-12-17-10-6-3-7-11-17/h4-5,8-9H,2-3,6-7,10-13H2,1H3. The van der Waals surface area contributed by atoms with Gasteiger partial charge < -0.3 is 4.90 Å². The van der Waals surface area contributed by atoms with Gasteiger partial charge in [-0.15, -0.1) is 0 Å². The van der Waals surface area contributed by atoms with Gasteiger partial charge in [-0.25, -0.2) is 4.98 Å². The molecule has 2 heterocycles. The van der Waals surface area contributed by atoms with Crippen molar-refractivity contribution in [1.29, 1.82) is 0 Å². The van der Waals surface area contributed by atoms with Crippen molar-refractivity contribution in [2.24, 2.45) is 0 Å². The molecule has 104 valence electrons. The highest BCUT2D eigenvalue weighted by molar-refractivity contribution is 5.92. The van der Waals surface area contributed by atoms with Crippen molar-refractivity contribution in [3.8, 4) is 0 Å². The fourth-order valence-electron chi connectivity index (χ4n) is 2.50. The number of aromatic nitrogens is 1. The lowest BCUT2D eigenvalue weighted by Crippen LogP contribution is -2.40. The molecular weight excluding hydrogens is 238 g/mol. The number of piperidine rings is 1. The summed E-state index contributed by atoms with van der Waals surface area (Å²) in [6, 6.07) is 5.71. The van der Waals surface area contributed by atoms with Crippen molar-refractivity contribution in [1.82, 2.24) is 9.88 Å². The topological polar surface area (TPSA) is 36.4 Å². The Morgan fingerprint density at radius 2 is 2.11 bits per heavy atom. The van der Waals surface area contributed by atoms with Gasteiger partial charge in [-0.2, -0.15) is 0 Å². The van der Waals surface area contributed by atoms with Crippen LogP contribution in [0.15, 0.2) is 24.4 Å². The smallest absolute Gasteiger partial charge is 0.227 e. The van der Waals surface area contributed by atoms with E-state index in [4.69, 9.17) is 0 Å². The Morgan fingerprint density at radius 3 is 2.74 bits per heavy atom. The number of amides is 1. The Kier molecular flexibility index (Phi) is 5.33. The highest BCUT2D eigenvalue weighted by Gasteiger charge is 2.17. The predicted octanol–water partition coefficient (Wildman–Crippen LogP) is 2.31. The second-order valence-corrected chi connectivity index (χ2v) is 4.99. The minimum atomic E-state index is 0.149. The van der Waals surface area contributed by atoms with E-state index in [0.717, 1.165) is 32.0 Å². The van der Waals surface area contributed by atoms with Crippen molar-refractivity contribution in [2.45, 2.75) is 32.6 Å². The second-order valence-electron chi connectivity index (χ2n) is 4.99. The van der Waals surface area contributed by atoms with Gasteiger partial charge in [0.15, 0.2) is 0 Å². The normalized spacial score (nSPS) is 16.3. The molecule has 1 aliphatic heterocycles. The minimum absolute atomic E-state index is 0.149. The number of likely N-dealkylation sites (tertiary alicyclic amines) is 1. The second kappa shape index (κ2) is 7.24. The number of pyridine rings is 1. The first-order chi connectivity index (χ1) is 9.31. The molecule has 0 spiro atoms. The first-order valence-corrected chi connectivity index (χ1v) is 7.25. The van der Waals surface area contributed by atoms with Crippen LogP contribution in [0, 0.1) is 0 Å². The fraction of sp³-hybridized carbons (Fsp3) is 0.600. The SMILES string of the molecule is CCC(=O)N(CCN1CCCCC1)c1ccccn1. The molecule has 0 atom stereocenters. The van der Waals surface area contributed by atoms with Crippen LogP contribution in [0.4, 0.5) is 5.82 Å². The summed E-state index contributed by atoms with van der Waals surface area (Å²) in [6.07, 6.45) is 6.17. The summed E-state index contributed by atoms with van der Waals surface area (Å²) in [5.74, 6) is 0.919. The Morgan fingerprint density at radius 1 is 1.32 bits per heavy atom. The van der Waals surface area contributed by atoms with Gasteiger partial charge in [-0.1, -0.05) is 19.4 Å². The van der Waals surface area contributed by atoms with E-state index >= 15 is 0 Å². The summed E-state index contributed by atoms with van der Waals surface area (Å²) in [5.41, 5.74) is 0.